The molecule has 4 rings (SSSR count). The average Bonchev–Trinajstić information content (AvgIpc) is 3.14. The second kappa shape index (κ2) is 10.6. The normalized spacial score (nSPS) is 16.5. The van der Waals surface area contributed by atoms with E-state index >= 15 is 0 Å². The molecule has 1 saturated heterocycles. The standard InChI is InChI=1S/C26H38N6O2S/c1-7-10-32-11-8-19(9-12-32)15-34-22-14-21-20(13-23(22)35(33)26(4,5)6)25(28-16-27-21)29-24-17(2)18(3)30-31-24/h13-14,16,19H,7-12,15H2,1-6H3,(H2,27,28,29,30,31). The molecule has 8 nitrogen and oxygen atoms in total. The Morgan fingerprint density at radius 2 is 1.91 bits per heavy atom. The second-order valence-corrected chi connectivity index (χ2v) is 12.7. The highest BCUT2D eigenvalue weighted by atomic mass is 32.2. The van der Waals surface area contributed by atoms with E-state index in [1.165, 1.54) is 19.3 Å². The Labute approximate surface area is 210 Å². The molecule has 1 fully saturated rings. The number of anilines is 2. The minimum Gasteiger partial charge on any atom is -0.492 e. The van der Waals surface area contributed by atoms with Gasteiger partial charge < -0.3 is 15.0 Å². The number of nitrogens with zero attached hydrogens (tertiary/aromatic N) is 4. The fourth-order valence-corrected chi connectivity index (χ4v) is 5.56. The Morgan fingerprint density at radius 1 is 1.17 bits per heavy atom. The molecule has 0 radical (unpaired) electrons. The number of likely N-dealkylation sites (tertiary alicyclic amines) is 1. The number of fused-ring (bicyclic) bond motifs is 1. The highest BCUT2D eigenvalue weighted by Crippen LogP contribution is 2.35. The summed E-state index contributed by atoms with van der Waals surface area (Å²) in [6.07, 6.45) is 4.99. The Hall–Kier alpha value is -2.52. The van der Waals surface area contributed by atoms with Crippen molar-refractivity contribution in [1.82, 2.24) is 25.1 Å². The first-order chi connectivity index (χ1) is 16.7. The Balaban J connectivity index is 1.64. The van der Waals surface area contributed by atoms with Crippen molar-refractivity contribution < 1.29 is 8.95 Å². The van der Waals surface area contributed by atoms with Crippen molar-refractivity contribution in [3.63, 3.8) is 0 Å². The molecule has 1 aliphatic heterocycles. The number of rotatable bonds is 8. The zero-order valence-corrected chi connectivity index (χ0v) is 22.6. The third kappa shape index (κ3) is 5.83. The summed E-state index contributed by atoms with van der Waals surface area (Å²) in [5, 5.41) is 11.5. The Bertz CT molecular complexity index is 1190. The van der Waals surface area contributed by atoms with E-state index in [0.29, 0.717) is 29.0 Å². The van der Waals surface area contributed by atoms with Crippen molar-refractivity contribution in [3.05, 3.63) is 29.7 Å². The molecule has 9 heteroatoms. The predicted octanol–water partition coefficient (Wildman–Crippen LogP) is 5.12. The van der Waals surface area contributed by atoms with E-state index in [4.69, 9.17) is 4.74 Å². The fraction of sp³-hybridized carbons (Fsp3) is 0.577. The van der Waals surface area contributed by atoms with Crippen molar-refractivity contribution in [2.45, 2.75) is 70.4 Å². The average molecular weight is 499 g/mol. The number of hydrogen-bond acceptors (Lipinski definition) is 7. The molecule has 3 aromatic rings. The highest BCUT2D eigenvalue weighted by molar-refractivity contribution is 7.86. The molecule has 1 atom stereocenters. The summed E-state index contributed by atoms with van der Waals surface area (Å²) < 4.78 is 19.5. The molecule has 190 valence electrons. The number of aromatic nitrogens is 4. The van der Waals surface area contributed by atoms with E-state index < -0.39 is 15.5 Å². The lowest BCUT2D eigenvalue weighted by Crippen LogP contribution is -2.36. The van der Waals surface area contributed by atoms with Gasteiger partial charge in [0, 0.05) is 27.5 Å². The van der Waals surface area contributed by atoms with Crippen molar-refractivity contribution >= 4 is 33.3 Å². The van der Waals surface area contributed by atoms with Crippen LogP contribution in [0.1, 0.15) is 58.2 Å². The van der Waals surface area contributed by atoms with E-state index in [0.717, 1.165) is 53.9 Å². The summed E-state index contributed by atoms with van der Waals surface area (Å²) >= 11 is 0. The molecular formula is C26H38N6O2S. The minimum absolute atomic E-state index is 0.434. The summed E-state index contributed by atoms with van der Waals surface area (Å²) in [7, 11) is -1.28. The van der Waals surface area contributed by atoms with Crippen molar-refractivity contribution in [2.75, 3.05) is 31.6 Å². The van der Waals surface area contributed by atoms with Crippen molar-refractivity contribution in [2.24, 2.45) is 5.92 Å². The zero-order valence-electron chi connectivity index (χ0n) is 21.8. The van der Waals surface area contributed by atoms with Gasteiger partial charge in [0.05, 0.1) is 27.8 Å². The molecule has 1 unspecified atom stereocenters. The van der Waals surface area contributed by atoms with Crippen LogP contribution < -0.4 is 10.1 Å². The third-order valence-electron chi connectivity index (χ3n) is 6.67. The van der Waals surface area contributed by atoms with Gasteiger partial charge in [-0.15, -0.1) is 0 Å². The van der Waals surface area contributed by atoms with E-state index in [9.17, 15) is 4.21 Å². The first-order valence-electron chi connectivity index (χ1n) is 12.5. The van der Waals surface area contributed by atoms with E-state index in [-0.39, 0.29) is 0 Å². The number of nitrogens with one attached hydrogen (secondary N) is 2. The molecule has 3 heterocycles. The van der Waals surface area contributed by atoms with Crippen LogP contribution in [-0.2, 0) is 10.8 Å². The molecule has 1 aliphatic rings. The number of piperidine rings is 1. The summed E-state index contributed by atoms with van der Waals surface area (Å²) in [5.74, 6) is 2.50. The fourth-order valence-electron chi connectivity index (χ4n) is 4.37. The van der Waals surface area contributed by atoms with Crippen LogP contribution in [0.2, 0.25) is 0 Å². The maximum absolute atomic E-state index is 13.6. The Kier molecular flexibility index (Phi) is 7.76. The smallest absolute Gasteiger partial charge is 0.156 e. The van der Waals surface area contributed by atoms with Gasteiger partial charge >= 0.3 is 0 Å². The third-order valence-corrected chi connectivity index (χ3v) is 8.50. The lowest BCUT2D eigenvalue weighted by atomic mass is 9.98. The molecule has 0 bridgehead atoms. The summed E-state index contributed by atoms with van der Waals surface area (Å²) in [5.41, 5.74) is 2.77. The van der Waals surface area contributed by atoms with Gasteiger partial charge in [-0.1, -0.05) is 6.92 Å². The summed E-state index contributed by atoms with van der Waals surface area (Å²) in [4.78, 5) is 12.2. The van der Waals surface area contributed by atoms with Crippen LogP contribution in [0, 0.1) is 19.8 Å². The minimum atomic E-state index is -1.28. The summed E-state index contributed by atoms with van der Waals surface area (Å²) in [6, 6.07) is 3.84. The SMILES string of the molecule is CCCN1CCC(COc2cc3ncnc(Nc4n[nH]c(C)c4C)c3cc2S(=O)C(C)(C)C)CC1. The highest BCUT2D eigenvalue weighted by Gasteiger charge is 2.27. The zero-order chi connectivity index (χ0) is 25.2. The number of aromatic amines is 1. The number of aryl methyl sites for hydroxylation is 1. The lowest BCUT2D eigenvalue weighted by Gasteiger charge is -2.31. The van der Waals surface area contributed by atoms with Gasteiger partial charge in [0.1, 0.15) is 17.9 Å². The molecule has 2 N–H and O–H groups in total. The molecular weight excluding hydrogens is 460 g/mol. The monoisotopic (exact) mass is 498 g/mol. The van der Waals surface area contributed by atoms with Gasteiger partial charge in [-0.25, -0.2) is 9.97 Å². The lowest BCUT2D eigenvalue weighted by molar-refractivity contribution is 0.140. The number of hydrogen-bond donors (Lipinski definition) is 2. The van der Waals surface area contributed by atoms with Gasteiger partial charge in [-0.2, -0.15) is 5.10 Å². The van der Waals surface area contributed by atoms with Gasteiger partial charge in [0.2, 0.25) is 0 Å². The Morgan fingerprint density at radius 3 is 2.54 bits per heavy atom. The second-order valence-electron chi connectivity index (χ2n) is 10.5. The van der Waals surface area contributed by atoms with Gasteiger partial charge in [-0.3, -0.25) is 9.31 Å². The molecule has 1 aromatic carbocycles. The molecule has 0 spiro atoms. The van der Waals surface area contributed by atoms with Gasteiger partial charge in [0.25, 0.3) is 0 Å². The molecule has 0 amide bonds. The van der Waals surface area contributed by atoms with E-state index in [2.05, 4.69) is 37.3 Å². The van der Waals surface area contributed by atoms with Crippen molar-refractivity contribution in [1.29, 1.82) is 0 Å². The van der Waals surface area contributed by atoms with Gasteiger partial charge in [0.15, 0.2) is 5.82 Å². The maximum atomic E-state index is 13.6. The van der Waals surface area contributed by atoms with Crippen LogP contribution in [0.15, 0.2) is 23.4 Å². The van der Waals surface area contributed by atoms with Crippen LogP contribution in [0.3, 0.4) is 0 Å². The van der Waals surface area contributed by atoms with Crippen LogP contribution >= 0.6 is 0 Å². The van der Waals surface area contributed by atoms with Crippen molar-refractivity contribution in [3.8, 4) is 5.75 Å². The van der Waals surface area contributed by atoms with Gasteiger partial charge in [-0.05, 0) is 85.5 Å². The molecule has 0 aliphatic carbocycles. The first kappa shape index (κ1) is 25.6. The van der Waals surface area contributed by atoms with E-state index in [1.807, 2.05) is 46.8 Å². The van der Waals surface area contributed by atoms with Crippen LogP contribution in [0.25, 0.3) is 10.9 Å². The van der Waals surface area contributed by atoms with Crippen LogP contribution in [0.4, 0.5) is 11.6 Å². The van der Waals surface area contributed by atoms with E-state index in [1.54, 1.807) is 0 Å². The maximum Gasteiger partial charge on any atom is 0.156 e. The topological polar surface area (TPSA) is 96.0 Å². The number of H-pyrrole nitrogens is 1. The van der Waals surface area contributed by atoms with Crippen LogP contribution in [-0.4, -0.2) is 60.3 Å². The molecule has 2 aromatic heterocycles. The number of benzene rings is 1. The largest absolute Gasteiger partial charge is 0.492 e. The van der Waals surface area contributed by atoms with Crippen LogP contribution in [0.5, 0.6) is 5.75 Å². The molecule has 35 heavy (non-hydrogen) atoms. The molecule has 0 saturated carbocycles. The summed E-state index contributed by atoms with van der Waals surface area (Å²) in [6.45, 7) is 16.2. The quantitative estimate of drug-likeness (QED) is 0.445. The predicted molar refractivity (Wildman–Crippen MR) is 142 cm³/mol. The first-order valence-corrected chi connectivity index (χ1v) is 13.7. The number of ether oxygens (including phenoxy) is 1.